The Kier molecular flexibility index (Phi) is 6.24. The van der Waals surface area contributed by atoms with E-state index in [-0.39, 0.29) is 22.7 Å². The van der Waals surface area contributed by atoms with Gasteiger partial charge < -0.3 is 9.47 Å². The molecule has 0 amide bonds. The van der Waals surface area contributed by atoms with Gasteiger partial charge in [-0.1, -0.05) is 27.5 Å². The minimum absolute atomic E-state index is 0.00137. The highest BCUT2D eigenvalue weighted by Crippen LogP contribution is 2.29. The monoisotopic (exact) mass is 354 g/mol. The Bertz CT molecular complexity index is 506. The lowest BCUT2D eigenvalue weighted by Gasteiger charge is -2.10. The third-order valence-corrected chi connectivity index (χ3v) is 2.78. The molecule has 0 aliphatic carbocycles. The number of esters is 1. The zero-order chi connectivity index (χ0) is 14.4. The van der Waals surface area contributed by atoms with Crippen molar-refractivity contribution in [3.63, 3.8) is 0 Å². The number of halogens is 4. The summed E-state index contributed by atoms with van der Waals surface area (Å²) >= 11 is 8.57. The second-order valence-electron chi connectivity index (χ2n) is 3.27. The van der Waals surface area contributed by atoms with Crippen LogP contribution in [0.4, 0.5) is 8.78 Å². The van der Waals surface area contributed by atoms with E-state index in [0.29, 0.717) is 0 Å². The molecule has 0 radical (unpaired) electrons. The Labute approximate surface area is 122 Å². The summed E-state index contributed by atoms with van der Waals surface area (Å²) in [6.45, 7) is 1.82. The summed E-state index contributed by atoms with van der Waals surface area (Å²) in [6.07, 6.45) is 0.998. The first-order valence-corrected chi connectivity index (χ1v) is 6.74. The smallest absolute Gasteiger partial charge is 0.334 e. The maximum atomic E-state index is 13.6. The SMILES string of the molecule is CCOC(=O)/C=C(\CBr)Oc1c(F)ccc(Cl)c1F. The predicted molar refractivity (Wildman–Crippen MR) is 70.5 cm³/mol. The highest BCUT2D eigenvalue weighted by molar-refractivity contribution is 9.09. The van der Waals surface area contributed by atoms with Crippen LogP contribution in [0, 0.1) is 11.6 Å². The Morgan fingerprint density at radius 3 is 2.74 bits per heavy atom. The van der Waals surface area contributed by atoms with Gasteiger partial charge >= 0.3 is 5.97 Å². The summed E-state index contributed by atoms with van der Waals surface area (Å²) < 4.78 is 36.7. The molecule has 19 heavy (non-hydrogen) atoms. The molecule has 104 valence electrons. The normalized spacial score (nSPS) is 11.3. The zero-order valence-electron chi connectivity index (χ0n) is 9.88. The van der Waals surface area contributed by atoms with Gasteiger partial charge in [0.2, 0.25) is 0 Å². The Morgan fingerprint density at radius 1 is 1.47 bits per heavy atom. The van der Waals surface area contributed by atoms with Crippen LogP contribution in [-0.4, -0.2) is 17.9 Å². The van der Waals surface area contributed by atoms with E-state index in [4.69, 9.17) is 16.3 Å². The van der Waals surface area contributed by atoms with E-state index >= 15 is 0 Å². The molecule has 0 aromatic heterocycles. The first kappa shape index (κ1) is 15.9. The number of allylic oxidation sites excluding steroid dienone is 1. The molecule has 0 atom stereocenters. The van der Waals surface area contributed by atoms with Gasteiger partial charge in [0, 0.05) is 0 Å². The van der Waals surface area contributed by atoms with Crippen molar-refractivity contribution in [2.75, 3.05) is 11.9 Å². The van der Waals surface area contributed by atoms with Gasteiger partial charge in [0.1, 0.15) is 5.76 Å². The fraction of sp³-hybridized carbons (Fsp3) is 0.250. The number of alkyl halides is 1. The van der Waals surface area contributed by atoms with Crippen molar-refractivity contribution >= 4 is 33.5 Å². The van der Waals surface area contributed by atoms with Crippen molar-refractivity contribution < 1.29 is 23.0 Å². The number of hydrogen-bond donors (Lipinski definition) is 0. The lowest BCUT2D eigenvalue weighted by Crippen LogP contribution is -2.07. The van der Waals surface area contributed by atoms with Crippen LogP contribution in [0.2, 0.25) is 5.02 Å². The van der Waals surface area contributed by atoms with E-state index in [1.54, 1.807) is 6.92 Å². The summed E-state index contributed by atoms with van der Waals surface area (Å²) in [4.78, 5) is 11.2. The van der Waals surface area contributed by atoms with Crippen molar-refractivity contribution in [3.8, 4) is 5.75 Å². The fourth-order valence-corrected chi connectivity index (χ4v) is 1.57. The van der Waals surface area contributed by atoms with E-state index in [9.17, 15) is 13.6 Å². The maximum Gasteiger partial charge on any atom is 0.334 e. The molecule has 0 heterocycles. The molecule has 7 heteroatoms. The van der Waals surface area contributed by atoms with E-state index in [1.807, 2.05) is 0 Å². The third-order valence-electron chi connectivity index (χ3n) is 1.93. The molecule has 0 aliphatic rings. The lowest BCUT2D eigenvalue weighted by atomic mass is 10.3. The summed E-state index contributed by atoms with van der Waals surface area (Å²) in [7, 11) is 0. The number of carbonyl (C=O) groups excluding carboxylic acids is 1. The van der Waals surface area contributed by atoms with Gasteiger partial charge in [-0.05, 0) is 19.1 Å². The van der Waals surface area contributed by atoms with Crippen LogP contribution in [-0.2, 0) is 9.53 Å². The standard InChI is InChI=1S/C12H10BrClF2O3/c1-2-18-10(17)5-7(6-13)19-12-9(15)4-3-8(14)11(12)16/h3-5H,2,6H2,1H3/b7-5+. The molecular weight excluding hydrogens is 345 g/mol. The molecule has 0 unspecified atom stereocenters. The molecule has 0 spiro atoms. The molecule has 0 saturated heterocycles. The van der Waals surface area contributed by atoms with Gasteiger partial charge in [-0.15, -0.1) is 0 Å². The van der Waals surface area contributed by atoms with Gasteiger partial charge in [0.05, 0.1) is 23.0 Å². The topological polar surface area (TPSA) is 35.5 Å². The van der Waals surface area contributed by atoms with Crippen LogP contribution in [0.5, 0.6) is 5.75 Å². The fourth-order valence-electron chi connectivity index (χ4n) is 1.14. The first-order valence-electron chi connectivity index (χ1n) is 5.24. The van der Waals surface area contributed by atoms with Crippen molar-refractivity contribution in [3.05, 3.63) is 40.6 Å². The average Bonchev–Trinajstić information content (AvgIpc) is 2.38. The van der Waals surface area contributed by atoms with E-state index in [0.717, 1.165) is 18.2 Å². The van der Waals surface area contributed by atoms with Gasteiger partial charge in [-0.25, -0.2) is 13.6 Å². The molecule has 1 aromatic carbocycles. The van der Waals surface area contributed by atoms with Crippen LogP contribution in [0.1, 0.15) is 6.92 Å². The van der Waals surface area contributed by atoms with Gasteiger partial charge in [0.15, 0.2) is 17.4 Å². The van der Waals surface area contributed by atoms with Crippen LogP contribution in [0.25, 0.3) is 0 Å². The number of rotatable bonds is 5. The van der Waals surface area contributed by atoms with Crippen LogP contribution >= 0.6 is 27.5 Å². The first-order chi connectivity index (χ1) is 8.99. The number of ether oxygens (including phenoxy) is 2. The molecule has 0 aliphatic heterocycles. The zero-order valence-corrected chi connectivity index (χ0v) is 12.2. The predicted octanol–water partition coefficient (Wildman–Crippen LogP) is 3.84. The highest BCUT2D eigenvalue weighted by Gasteiger charge is 2.16. The van der Waals surface area contributed by atoms with Crippen molar-refractivity contribution in [1.82, 2.24) is 0 Å². The average molecular weight is 356 g/mol. The molecular formula is C12H10BrClF2O3. The third kappa shape index (κ3) is 4.47. The van der Waals surface area contributed by atoms with Gasteiger partial charge in [-0.2, -0.15) is 0 Å². The quantitative estimate of drug-likeness (QED) is 0.265. The van der Waals surface area contributed by atoms with E-state index < -0.39 is 23.4 Å². The minimum Gasteiger partial charge on any atom is -0.463 e. The number of carbonyl (C=O) groups is 1. The van der Waals surface area contributed by atoms with E-state index in [1.165, 1.54) is 0 Å². The van der Waals surface area contributed by atoms with Crippen LogP contribution < -0.4 is 4.74 Å². The molecule has 0 fully saturated rings. The number of benzene rings is 1. The Balaban J connectivity index is 2.99. The summed E-state index contributed by atoms with van der Waals surface area (Å²) in [6, 6.07) is 2.04. The molecule has 1 rings (SSSR count). The second kappa shape index (κ2) is 7.45. The van der Waals surface area contributed by atoms with E-state index in [2.05, 4.69) is 20.7 Å². The molecule has 0 saturated carbocycles. The second-order valence-corrected chi connectivity index (χ2v) is 4.24. The molecule has 3 nitrogen and oxygen atoms in total. The Morgan fingerprint density at radius 2 is 2.16 bits per heavy atom. The minimum atomic E-state index is -1.03. The molecule has 1 aromatic rings. The Hall–Kier alpha value is -1.14. The van der Waals surface area contributed by atoms with Crippen LogP contribution in [0.3, 0.4) is 0 Å². The summed E-state index contributed by atoms with van der Waals surface area (Å²) in [5.41, 5.74) is 0. The van der Waals surface area contributed by atoms with Gasteiger partial charge in [-0.3, -0.25) is 0 Å². The molecule has 0 bridgehead atoms. The van der Waals surface area contributed by atoms with Crippen molar-refractivity contribution in [2.45, 2.75) is 6.92 Å². The van der Waals surface area contributed by atoms with Crippen molar-refractivity contribution in [2.24, 2.45) is 0 Å². The summed E-state index contributed by atoms with van der Waals surface area (Å²) in [5, 5.41) is -0.196. The van der Waals surface area contributed by atoms with Gasteiger partial charge in [0.25, 0.3) is 0 Å². The summed E-state index contributed by atoms with van der Waals surface area (Å²) in [5.74, 6) is -3.28. The molecule has 0 N–H and O–H groups in total. The number of hydrogen-bond acceptors (Lipinski definition) is 3. The van der Waals surface area contributed by atoms with Crippen LogP contribution in [0.15, 0.2) is 24.0 Å². The highest BCUT2D eigenvalue weighted by atomic mass is 79.9. The maximum absolute atomic E-state index is 13.6. The van der Waals surface area contributed by atoms with Crippen molar-refractivity contribution in [1.29, 1.82) is 0 Å². The largest absolute Gasteiger partial charge is 0.463 e. The lowest BCUT2D eigenvalue weighted by molar-refractivity contribution is -0.137.